The molecule has 0 atom stereocenters. The first-order valence-corrected chi connectivity index (χ1v) is 5.75. The molecule has 2 nitrogen and oxygen atoms in total. The fourth-order valence-corrected chi connectivity index (χ4v) is 1.15. The van der Waals surface area contributed by atoms with Gasteiger partial charge in [-0.05, 0) is 24.3 Å². The first-order valence-electron chi connectivity index (χ1n) is 5.75. The van der Waals surface area contributed by atoms with Crippen molar-refractivity contribution in [2.24, 2.45) is 0 Å². The summed E-state index contributed by atoms with van der Waals surface area (Å²) in [6, 6.07) is 6.40. The zero-order valence-corrected chi connectivity index (χ0v) is 9.87. The Balaban J connectivity index is 0.000000265. The van der Waals surface area contributed by atoms with E-state index in [2.05, 4.69) is 13.8 Å². The van der Waals surface area contributed by atoms with Gasteiger partial charge in [0.2, 0.25) is 0 Å². The fourth-order valence-electron chi connectivity index (χ4n) is 1.15. The van der Waals surface area contributed by atoms with E-state index in [1.165, 1.54) is 32.1 Å². The van der Waals surface area contributed by atoms with E-state index in [-0.39, 0.29) is 5.75 Å². The summed E-state index contributed by atoms with van der Waals surface area (Å²) in [5.41, 5.74) is 5.98. The van der Waals surface area contributed by atoms with Crippen molar-refractivity contribution in [2.45, 2.75) is 46.0 Å². The third-order valence-electron chi connectivity index (χ3n) is 2.10. The summed E-state index contributed by atoms with van der Waals surface area (Å²) < 4.78 is 0. The largest absolute Gasteiger partial charge is 0.508 e. The maximum atomic E-state index is 8.70. The van der Waals surface area contributed by atoms with Crippen LogP contribution in [0.1, 0.15) is 46.0 Å². The summed E-state index contributed by atoms with van der Waals surface area (Å²) in [6.45, 7) is 4.49. The Labute approximate surface area is 93.1 Å². The summed E-state index contributed by atoms with van der Waals surface area (Å²) in [4.78, 5) is 0. The molecule has 0 aromatic heterocycles. The quantitative estimate of drug-likeness (QED) is 0.448. The van der Waals surface area contributed by atoms with Crippen LogP contribution in [-0.2, 0) is 0 Å². The van der Waals surface area contributed by atoms with Gasteiger partial charge in [-0.1, -0.05) is 46.0 Å². The van der Waals surface area contributed by atoms with Crippen LogP contribution in [0.25, 0.3) is 0 Å². The summed E-state index contributed by atoms with van der Waals surface area (Å²) >= 11 is 0. The van der Waals surface area contributed by atoms with E-state index in [1.807, 2.05) is 0 Å². The minimum atomic E-state index is 0.249. The summed E-state index contributed by atoms with van der Waals surface area (Å²) in [7, 11) is 0. The van der Waals surface area contributed by atoms with Crippen LogP contribution >= 0.6 is 0 Å². The average Bonchev–Trinajstić information content (AvgIpc) is 2.24. The van der Waals surface area contributed by atoms with Gasteiger partial charge in [0.25, 0.3) is 0 Å². The zero-order valence-electron chi connectivity index (χ0n) is 9.87. The molecule has 0 amide bonds. The van der Waals surface area contributed by atoms with Gasteiger partial charge in [-0.3, -0.25) is 0 Å². The van der Waals surface area contributed by atoms with Gasteiger partial charge < -0.3 is 10.8 Å². The highest BCUT2D eigenvalue weighted by molar-refractivity contribution is 5.40. The molecule has 0 heterocycles. The molecule has 1 rings (SSSR count). The van der Waals surface area contributed by atoms with Crippen molar-refractivity contribution < 1.29 is 5.11 Å². The standard InChI is InChI=1S/C7H16.C6H7NO/c1-3-5-7-6-4-2;7-5-1-3-6(8)4-2-5/h3-7H2,1-2H3;1-4,8H,7H2. The first kappa shape index (κ1) is 13.8. The Morgan fingerprint density at radius 2 is 1.40 bits per heavy atom. The molecule has 0 saturated heterocycles. The summed E-state index contributed by atoms with van der Waals surface area (Å²) in [5.74, 6) is 0.249. The second kappa shape index (κ2) is 9.38. The van der Waals surface area contributed by atoms with Crippen molar-refractivity contribution in [3.8, 4) is 5.75 Å². The molecule has 0 aliphatic carbocycles. The molecule has 15 heavy (non-hydrogen) atoms. The minimum Gasteiger partial charge on any atom is -0.508 e. The lowest BCUT2D eigenvalue weighted by molar-refractivity contribution is 0.475. The smallest absolute Gasteiger partial charge is 0.115 e. The third kappa shape index (κ3) is 9.13. The van der Waals surface area contributed by atoms with Crippen LogP contribution in [0, 0.1) is 0 Å². The molecule has 0 aliphatic heterocycles. The second-order valence-corrected chi connectivity index (χ2v) is 3.65. The predicted octanol–water partition coefficient (Wildman–Crippen LogP) is 3.95. The maximum absolute atomic E-state index is 8.70. The van der Waals surface area contributed by atoms with E-state index in [0.717, 1.165) is 0 Å². The van der Waals surface area contributed by atoms with Gasteiger partial charge in [0.1, 0.15) is 5.75 Å². The van der Waals surface area contributed by atoms with Gasteiger partial charge in [0.15, 0.2) is 0 Å². The van der Waals surface area contributed by atoms with Crippen molar-refractivity contribution in [1.82, 2.24) is 0 Å². The molecular weight excluding hydrogens is 186 g/mol. The van der Waals surface area contributed by atoms with Crippen LogP contribution in [0.2, 0.25) is 0 Å². The number of hydrogen-bond donors (Lipinski definition) is 2. The summed E-state index contributed by atoms with van der Waals surface area (Å²) in [6.07, 6.45) is 7.01. The number of benzene rings is 1. The number of phenolic OH excluding ortho intramolecular Hbond substituents is 1. The molecule has 2 heteroatoms. The minimum absolute atomic E-state index is 0.249. The Hall–Kier alpha value is -1.18. The molecule has 0 aliphatic rings. The lowest BCUT2D eigenvalue weighted by atomic mass is 10.2. The SMILES string of the molecule is CCCCCCC.Nc1ccc(O)cc1. The molecule has 3 N–H and O–H groups in total. The van der Waals surface area contributed by atoms with Crippen LogP contribution in [0.5, 0.6) is 5.75 Å². The van der Waals surface area contributed by atoms with Gasteiger partial charge in [-0.2, -0.15) is 0 Å². The molecule has 0 saturated carbocycles. The van der Waals surface area contributed by atoms with Crippen LogP contribution in [0.3, 0.4) is 0 Å². The maximum Gasteiger partial charge on any atom is 0.115 e. The fraction of sp³-hybridized carbons (Fsp3) is 0.538. The Morgan fingerprint density at radius 1 is 0.933 bits per heavy atom. The number of unbranched alkanes of at least 4 members (excludes halogenated alkanes) is 4. The molecule has 1 aromatic rings. The lowest BCUT2D eigenvalue weighted by Crippen LogP contribution is -1.80. The number of phenols is 1. The van der Waals surface area contributed by atoms with Crippen LogP contribution < -0.4 is 5.73 Å². The topological polar surface area (TPSA) is 46.2 Å². The van der Waals surface area contributed by atoms with Gasteiger partial charge in [-0.25, -0.2) is 0 Å². The number of nitrogen functional groups attached to an aromatic ring is 1. The highest BCUT2D eigenvalue weighted by atomic mass is 16.3. The molecule has 0 bridgehead atoms. The Kier molecular flexibility index (Phi) is 8.64. The molecule has 0 spiro atoms. The molecule has 0 unspecified atom stereocenters. The monoisotopic (exact) mass is 209 g/mol. The average molecular weight is 209 g/mol. The van der Waals surface area contributed by atoms with E-state index in [0.29, 0.717) is 5.69 Å². The van der Waals surface area contributed by atoms with Crippen LogP contribution in [0.15, 0.2) is 24.3 Å². The van der Waals surface area contributed by atoms with Crippen molar-refractivity contribution >= 4 is 5.69 Å². The highest BCUT2D eigenvalue weighted by Gasteiger charge is 1.82. The molecule has 86 valence electrons. The number of nitrogens with two attached hydrogens (primary N) is 1. The summed E-state index contributed by atoms with van der Waals surface area (Å²) in [5, 5.41) is 8.70. The van der Waals surface area contributed by atoms with Crippen LogP contribution in [0.4, 0.5) is 5.69 Å². The zero-order chi connectivity index (χ0) is 11.5. The Bertz CT molecular complexity index is 206. The number of rotatable bonds is 4. The predicted molar refractivity (Wildman–Crippen MR) is 67.0 cm³/mol. The van der Waals surface area contributed by atoms with Crippen molar-refractivity contribution in [1.29, 1.82) is 0 Å². The first-order chi connectivity index (χ1) is 7.20. The van der Waals surface area contributed by atoms with E-state index < -0.39 is 0 Å². The van der Waals surface area contributed by atoms with Gasteiger partial charge >= 0.3 is 0 Å². The second-order valence-electron chi connectivity index (χ2n) is 3.65. The third-order valence-corrected chi connectivity index (χ3v) is 2.10. The molecule has 0 fully saturated rings. The van der Waals surface area contributed by atoms with Crippen molar-refractivity contribution in [2.75, 3.05) is 5.73 Å². The van der Waals surface area contributed by atoms with Crippen molar-refractivity contribution in [3.05, 3.63) is 24.3 Å². The molecule has 0 radical (unpaired) electrons. The van der Waals surface area contributed by atoms with E-state index in [4.69, 9.17) is 10.8 Å². The molecular formula is C13H23NO. The van der Waals surface area contributed by atoms with Gasteiger partial charge in [0, 0.05) is 5.69 Å². The van der Waals surface area contributed by atoms with Gasteiger partial charge in [-0.15, -0.1) is 0 Å². The number of hydrogen-bond acceptors (Lipinski definition) is 2. The number of anilines is 1. The normalized spacial score (nSPS) is 9.20. The highest BCUT2D eigenvalue weighted by Crippen LogP contribution is 2.09. The number of aromatic hydroxyl groups is 1. The Morgan fingerprint density at radius 3 is 1.73 bits per heavy atom. The van der Waals surface area contributed by atoms with Gasteiger partial charge in [0.05, 0.1) is 0 Å². The molecule has 1 aromatic carbocycles. The van der Waals surface area contributed by atoms with Crippen LogP contribution in [-0.4, -0.2) is 5.11 Å². The van der Waals surface area contributed by atoms with E-state index in [9.17, 15) is 0 Å². The van der Waals surface area contributed by atoms with E-state index in [1.54, 1.807) is 24.3 Å². The lowest BCUT2D eigenvalue weighted by Gasteiger charge is -1.90. The van der Waals surface area contributed by atoms with Crippen molar-refractivity contribution in [3.63, 3.8) is 0 Å². The van der Waals surface area contributed by atoms with E-state index >= 15 is 0 Å².